The second-order valence-electron chi connectivity index (χ2n) is 7.07. The zero-order valence-corrected chi connectivity index (χ0v) is 13.9. The van der Waals surface area contributed by atoms with E-state index in [0.717, 1.165) is 43.0 Å². The number of aryl methyl sites for hydroxylation is 1. The van der Waals surface area contributed by atoms with Crippen LogP contribution in [0.2, 0.25) is 0 Å². The molecule has 2 aliphatic rings. The van der Waals surface area contributed by atoms with Crippen LogP contribution in [0.15, 0.2) is 42.5 Å². The number of halogens is 2. The molecule has 2 aromatic carbocycles. The molecule has 1 saturated heterocycles. The minimum absolute atomic E-state index is 0.0353. The monoisotopic (exact) mass is 342 g/mol. The van der Waals surface area contributed by atoms with Crippen molar-refractivity contribution in [2.75, 3.05) is 13.1 Å². The summed E-state index contributed by atoms with van der Waals surface area (Å²) in [7, 11) is 0. The van der Waals surface area contributed by atoms with Gasteiger partial charge in [-0.1, -0.05) is 30.3 Å². The Balaban J connectivity index is 1.50. The van der Waals surface area contributed by atoms with E-state index in [-0.39, 0.29) is 11.4 Å². The second-order valence-corrected chi connectivity index (χ2v) is 7.07. The van der Waals surface area contributed by atoms with Gasteiger partial charge in [-0.3, -0.25) is 9.69 Å². The van der Waals surface area contributed by atoms with Gasteiger partial charge >= 0.3 is 0 Å². The van der Waals surface area contributed by atoms with Gasteiger partial charge in [0.1, 0.15) is 0 Å². The molecule has 4 rings (SSSR count). The predicted molar refractivity (Wildman–Crippen MR) is 91.2 cm³/mol. The molecule has 1 fully saturated rings. The van der Waals surface area contributed by atoms with E-state index in [9.17, 15) is 13.6 Å². The number of hydrogen-bond acceptors (Lipinski definition) is 2. The summed E-state index contributed by atoms with van der Waals surface area (Å²) in [5.41, 5.74) is 1.89. The van der Waals surface area contributed by atoms with Gasteiger partial charge in [0.2, 0.25) is 0 Å². The Morgan fingerprint density at radius 3 is 2.80 bits per heavy atom. The number of nitrogens with one attached hydrogen (secondary N) is 1. The quantitative estimate of drug-likeness (QED) is 0.908. The third-order valence-corrected chi connectivity index (χ3v) is 5.37. The molecular formula is C20H20F2N2O. The van der Waals surface area contributed by atoms with Crippen LogP contribution in [0.5, 0.6) is 0 Å². The number of carbonyl (C=O) groups is 1. The van der Waals surface area contributed by atoms with Crippen LogP contribution in [0, 0.1) is 11.6 Å². The van der Waals surface area contributed by atoms with Gasteiger partial charge in [0.25, 0.3) is 5.91 Å². The Morgan fingerprint density at radius 2 is 1.92 bits per heavy atom. The number of amides is 1. The normalized spacial score (nSPS) is 23.4. The summed E-state index contributed by atoms with van der Waals surface area (Å²) in [5.74, 6) is -1.63. The Labute approximate surface area is 145 Å². The SMILES string of the molecule is O=C1N[C@@]2(CCc3ccccc31)CCN(Cc1cccc(F)c1F)C2. The first-order valence-electron chi connectivity index (χ1n) is 8.62. The lowest BCUT2D eigenvalue weighted by molar-refractivity contribution is 0.0902. The molecule has 1 N–H and O–H groups in total. The highest BCUT2D eigenvalue weighted by Crippen LogP contribution is 2.31. The van der Waals surface area contributed by atoms with E-state index < -0.39 is 11.6 Å². The molecule has 0 unspecified atom stereocenters. The summed E-state index contributed by atoms with van der Waals surface area (Å²) in [6.45, 7) is 1.77. The highest BCUT2D eigenvalue weighted by molar-refractivity contribution is 5.96. The topological polar surface area (TPSA) is 32.3 Å². The summed E-state index contributed by atoms with van der Waals surface area (Å²) in [6.07, 6.45) is 2.53. The van der Waals surface area contributed by atoms with Crippen molar-refractivity contribution < 1.29 is 13.6 Å². The highest BCUT2D eigenvalue weighted by Gasteiger charge is 2.41. The van der Waals surface area contributed by atoms with Crippen LogP contribution in [0.25, 0.3) is 0 Å². The lowest BCUT2D eigenvalue weighted by Crippen LogP contribution is -2.49. The van der Waals surface area contributed by atoms with Crippen molar-refractivity contribution in [3.63, 3.8) is 0 Å². The van der Waals surface area contributed by atoms with Crippen LogP contribution >= 0.6 is 0 Å². The van der Waals surface area contributed by atoms with E-state index in [1.54, 1.807) is 6.07 Å². The van der Waals surface area contributed by atoms with E-state index in [1.807, 2.05) is 24.3 Å². The van der Waals surface area contributed by atoms with Crippen molar-refractivity contribution in [3.8, 4) is 0 Å². The van der Waals surface area contributed by atoms with Gasteiger partial charge in [0, 0.05) is 30.8 Å². The first-order valence-corrected chi connectivity index (χ1v) is 8.62. The maximum Gasteiger partial charge on any atom is 0.252 e. The van der Waals surface area contributed by atoms with Gasteiger partial charge in [0.15, 0.2) is 11.6 Å². The van der Waals surface area contributed by atoms with Crippen molar-refractivity contribution in [3.05, 3.63) is 70.8 Å². The molecule has 2 heterocycles. The maximum absolute atomic E-state index is 13.9. The van der Waals surface area contributed by atoms with Crippen LogP contribution in [-0.4, -0.2) is 29.4 Å². The Bertz CT molecular complexity index is 823. The molecule has 1 amide bonds. The molecule has 3 nitrogen and oxygen atoms in total. The molecule has 0 bridgehead atoms. The molecule has 2 aliphatic heterocycles. The second kappa shape index (κ2) is 6.23. The number of hydrogen-bond donors (Lipinski definition) is 1. The molecule has 25 heavy (non-hydrogen) atoms. The van der Waals surface area contributed by atoms with Crippen LogP contribution < -0.4 is 5.32 Å². The van der Waals surface area contributed by atoms with Crippen molar-refractivity contribution in [2.24, 2.45) is 0 Å². The number of rotatable bonds is 2. The fourth-order valence-corrected chi connectivity index (χ4v) is 4.02. The van der Waals surface area contributed by atoms with Gasteiger partial charge in [-0.2, -0.15) is 0 Å². The van der Waals surface area contributed by atoms with Gasteiger partial charge in [-0.05, 0) is 37.0 Å². The predicted octanol–water partition coefficient (Wildman–Crippen LogP) is 3.29. The third-order valence-electron chi connectivity index (χ3n) is 5.37. The van der Waals surface area contributed by atoms with Crippen molar-refractivity contribution >= 4 is 5.91 Å². The molecule has 2 aromatic rings. The molecule has 1 spiro atoms. The molecule has 5 heteroatoms. The van der Waals surface area contributed by atoms with Gasteiger partial charge in [-0.25, -0.2) is 8.78 Å². The average molecular weight is 342 g/mol. The van der Waals surface area contributed by atoms with Crippen LogP contribution in [-0.2, 0) is 13.0 Å². The van der Waals surface area contributed by atoms with E-state index in [2.05, 4.69) is 10.2 Å². The average Bonchev–Trinajstić information content (AvgIpc) is 2.93. The molecule has 0 saturated carbocycles. The first kappa shape index (κ1) is 16.2. The van der Waals surface area contributed by atoms with Gasteiger partial charge in [-0.15, -0.1) is 0 Å². The zero-order chi connectivity index (χ0) is 17.4. The number of likely N-dealkylation sites (tertiary alicyclic amines) is 1. The first-order chi connectivity index (χ1) is 12.1. The summed E-state index contributed by atoms with van der Waals surface area (Å²) in [4.78, 5) is 14.7. The molecule has 0 aromatic heterocycles. The zero-order valence-electron chi connectivity index (χ0n) is 13.9. The molecule has 0 radical (unpaired) electrons. The molecular weight excluding hydrogens is 322 g/mol. The Hall–Kier alpha value is -2.27. The highest BCUT2D eigenvalue weighted by atomic mass is 19.2. The summed E-state index contributed by atoms with van der Waals surface area (Å²) >= 11 is 0. The summed E-state index contributed by atoms with van der Waals surface area (Å²) in [5, 5.41) is 3.20. The fourth-order valence-electron chi connectivity index (χ4n) is 4.02. The van der Waals surface area contributed by atoms with E-state index >= 15 is 0 Å². The Kier molecular flexibility index (Phi) is 4.04. The number of fused-ring (bicyclic) bond motifs is 1. The molecule has 0 aliphatic carbocycles. The number of nitrogens with zero attached hydrogens (tertiary/aromatic N) is 1. The largest absolute Gasteiger partial charge is 0.345 e. The van der Waals surface area contributed by atoms with Crippen LogP contribution in [0.1, 0.15) is 34.3 Å². The summed E-state index contributed by atoms with van der Waals surface area (Å²) in [6, 6.07) is 12.0. The van der Waals surface area contributed by atoms with Crippen molar-refractivity contribution in [2.45, 2.75) is 31.3 Å². The van der Waals surface area contributed by atoms with Crippen molar-refractivity contribution in [1.29, 1.82) is 0 Å². The minimum Gasteiger partial charge on any atom is -0.345 e. The lowest BCUT2D eigenvalue weighted by atomic mass is 9.91. The van der Waals surface area contributed by atoms with Crippen LogP contribution in [0.4, 0.5) is 8.78 Å². The van der Waals surface area contributed by atoms with E-state index in [1.165, 1.54) is 6.07 Å². The maximum atomic E-state index is 13.9. The van der Waals surface area contributed by atoms with Crippen LogP contribution in [0.3, 0.4) is 0 Å². The minimum atomic E-state index is -0.815. The van der Waals surface area contributed by atoms with E-state index in [4.69, 9.17) is 0 Å². The lowest BCUT2D eigenvalue weighted by Gasteiger charge is -2.29. The molecule has 1 atom stereocenters. The Morgan fingerprint density at radius 1 is 1.08 bits per heavy atom. The third kappa shape index (κ3) is 3.04. The van der Waals surface area contributed by atoms with Gasteiger partial charge in [0.05, 0.1) is 5.54 Å². The number of benzene rings is 2. The number of carbonyl (C=O) groups excluding carboxylic acids is 1. The van der Waals surface area contributed by atoms with E-state index in [0.29, 0.717) is 18.7 Å². The fraction of sp³-hybridized carbons (Fsp3) is 0.350. The standard InChI is InChI=1S/C20H20F2N2O/c21-17-7-3-5-15(18(17)22)12-24-11-10-20(13-24)9-8-14-4-1-2-6-16(14)19(25)23-20/h1-7H,8-13H2,(H,23,25)/t20-/m0/s1. The van der Waals surface area contributed by atoms with Gasteiger partial charge < -0.3 is 5.32 Å². The van der Waals surface area contributed by atoms with Crippen molar-refractivity contribution in [1.82, 2.24) is 10.2 Å². The smallest absolute Gasteiger partial charge is 0.252 e. The molecule has 130 valence electrons. The summed E-state index contributed by atoms with van der Waals surface area (Å²) < 4.78 is 27.3.